The van der Waals surface area contributed by atoms with E-state index in [-0.39, 0.29) is 42.5 Å². The molecule has 0 radical (unpaired) electrons. The molecule has 2 heterocycles. The summed E-state index contributed by atoms with van der Waals surface area (Å²) < 4.78 is 5.97. The van der Waals surface area contributed by atoms with E-state index >= 15 is 0 Å². The van der Waals surface area contributed by atoms with Crippen molar-refractivity contribution in [3.05, 3.63) is 46.5 Å². The molecule has 2 saturated heterocycles. The van der Waals surface area contributed by atoms with Crippen molar-refractivity contribution < 1.29 is 29.5 Å². The van der Waals surface area contributed by atoms with Gasteiger partial charge in [0.25, 0.3) is 0 Å². The lowest BCUT2D eigenvalue weighted by molar-refractivity contribution is -0.143. The van der Waals surface area contributed by atoms with Crippen molar-refractivity contribution >= 4 is 25.0 Å². The number of benzene rings is 1. The highest BCUT2D eigenvalue weighted by Crippen LogP contribution is 2.51. The Balaban J connectivity index is 1.38. The van der Waals surface area contributed by atoms with Crippen LogP contribution in [0.1, 0.15) is 63.9 Å². The lowest BCUT2D eigenvalue weighted by atomic mass is 9.58. The van der Waals surface area contributed by atoms with E-state index < -0.39 is 25.1 Å². The zero-order chi connectivity index (χ0) is 25.4. The van der Waals surface area contributed by atoms with Crippen molar-refractivity contribution in [2.45, 2.75) is 76.8 Å². The fraction of sp³-hybridized carbons (Fsp3) is 0.571. The van der Waals surface area contributed by atoms with E-state index in [9.17, 15) is 24.8 Å². The Morgan fingerprint density at radius 2 is 1.94 bits per heavy atom. The molecule has 1 aromatic rings. The number of hydrogen-bond donors (Lipinski definition) is 3. The van der Waals surface area contributed by atoms with Gasteiger partial charge < -0.3 is 19.9 Å². The maximum atomic E-state index is 13.7. The number of hydrogen-bond acceptors (Lipinski definition) is 6. The molecule has 2 amide bonds. The number of aliphatic hydroxyl groups excluding tert-OH is 1. The smallest absolute Gasteiger partial charge is 0.455 e. The Hall–Kier alpha value is -2.42. The highest BCUT2D eigenvalue weighted by Gasteiger charge is 2.58. The zero-order valence-corrected chi connectivity index (χ0v) is 20.9. The van der Waals surface area contributed by atoms with E-state index in [4.69, 9.17) is 4.65 Å². The topological polar surface area (TPSA) is 107 Å². The third-order valence-corrected chi connectivity index (χ3v) is 8.56. The first-order chi connectivity index (χ1) is 17.4. The highest BCUT2D eigenvalue weighted by molar-refractivity contribution is 6.43. The van der Waals surface area contributed by atoms with E-state index in [0.29, 0.717) is 19.3 Å². The van der Waals surface area contributed by atoms with Crippen molar-refractivity contribution in [3.8, 4) is 5.75 Å². The van der Waals surface area contributed by atoms with E-state index in [0.717, 1.165) is 54.4 Å². The second kappa shape index (κ2) is 10.5. The molecule has 2 aliphatic carbocycles. The molecule has 0 aromatic heterocycles. The quantitative estimate of drug-likeness (QED) is 0.317. The summed E-state index contributed by atoms with van der Waals surface area (Å²) in [6.07, 6.45) is 8.50. The Kier molecular flexibility index (Phi) is 7.38. The number of likely N-dealkylation sites (tertiary alicyclic amines) is 1. The molecular formula is C28H36BNO6. The number of amides is 2. The van der Waals surface area contributed by atoms with Gasteiger partial charge in [-0.05, 0) is 80.1 Å². The molecule has 4 aliphatic rings. The Morgan fingerprint density at radius 3 is 2.67 bits per heavy atom. The molecule has 0 bridgehead atoms. The number of nitrogens with zero attached hydrogens (tertiary/aromatic N) is 1. The molecule has 4 atom stereocenters. The van der Waals surface area contributed by atoms with Crippen LogP contribution in [0.4, 0.5) is 0 Å². The molecule has 7 nitrogen and oxygen atoms in total. The number of imide groups is 1. The Bertz CT molecular complexity index is 1080. The van der Waals surface area contributed by atoms with E-state index in [1.54, 1.807) is 23.1 Å². The van der Waals surface area contributed by atoms with Crippen LogP contribution < -0.4 is 0 Å². The summed E-state index contributed by atoms with van der Waals surface area (Å²) in [4.78, 5) is 28.7. The minimum atomic E-state index is -1.01. The molecule has 3 fully saturated rings. The second-order valence-electron chi connectivity index (χ2n) is 10.9. The van der Waals surface area contributed by atoms with Crippen molar-refractivity contribution in [1.29, 1.82) is 0 Å². The van der Waals surface area contributed by atoms with Crippen molar-refractivity contribution in [3.63, 3.8) is 0 Å². The number of carbonyl (C=O) groups is 2. The molecule has 8 heteroatoms. The molecule has 192 valence electrons. The lowest BCUT2D eigenvalue weighted by Gasteiger charge is -2.43. The van der Waals surface area contributed by atoms with Crippen LogP contribution in [0.2, 0.25) is 6.32 Å². The maximum Gasteiger partial charge on any atom is 0.455 e. The highest BCUT2D eigenvalue weighted by atomic mass is 16.5. The van der Waals surface area contributed by atoms with Gasteiger partial charge in [0, 0.05) is 6.04 Å². The van der Waals surface area contributed by atoms with Crippen molar-refractivity contribution in [2.75, 3.05) is 6.61 Å². The van der Waals surface area contributed by atoms with Crippen molar-refractivity contribution in [2.24, 2.45) is 17.8 Å². The normalized spacial score (nSPS) is 29.6. The van der Waals surface area contributed by atoms with Crippen LogP contribution in [0.15, 0.2) is 41.0 Å². The van der Waals surface area contributed by atoms with Crippen LogP contribution in [0.3, 0.4) is 0 Å². The number of fused-ring (bicyclic) bond motifs is 3. The summed E-state index contributed by atoms with van der Waals surface area (Å²) in [5.41, 5.74) is 3.71. The summed E-state index contributed by atoms with van der Waals surface area (Å²) in [7, 11) is -1.01. The standard InChI is InChI=1S/C28H36BNO6/c1-17(12-18-6-5-9-21(32)13-18)10-11-24-25-19(16-31)14-22-26(23(25)15-29(35)36-24)28(34)30(27(22)33)20-7-3-2-4-8-20/h5-6,9,12-13,20,22-24,26,31-32,35H,2-4,7-8,10-11,14-16H2,1H3/b17-12+/t22-,23+,24-,26-/m1/s1. The predicted octanol–water partition coefficient (Wildman–Crippen LogP) is 3.70. The van der Waals surface area contributed by atoms with Gasteiger partial charge in [-0.3, -0.25) is 14.5 Å². The number of phenols is 1. The predicted molar refractivity (Wildman–Crippen MR) is 137 cm³/mol. The molecule has 3 N–H and O–H groups in total. The summed E-state index contributed by atoms with van der Waals surface area (Å²) in [5, 5.41) is 30.6. The number of aromatic hydroxyl groups is 1. The van der Waals surface area contributed by atoms with Gasteiger partial charge in [0.05, 0.1) is 24.5 Å². The minimum absolute atomic E-state index is 0.0175. The lowest BCUT2D eigenvalue weighted by Crippen LogP contribution is -2.47. The van der Waals surface area contributed by atoms with Crippen LogP contribution in [0.25, 0.3) is 6.08 Å². The first-order valence-corrected chi connectivity index (χ1v) is 13.4. The molecule has 36 heavy (non-hydrogen) atoms. The van der Waals surface area contributed by atoms with Gasteiger partial charge in [-0.25, -0.2) is 0 Å². The molecule has 1 aromatic carbocycles. The van der Waals surface area contributed by atoms with Crippen molar-refractivity contribution in [1.82, 2.24) is 4.90 Å². The van der Waals surface area contributed by atoms with Gasteiger partial charge in [-0.15, -0.1) is 0 Å². The first kappa shape index (κ1) is 25.2. The summed E-state index contributed by atoms with van der Waals surface area (Å²) in [6, 6.07) is 7.04. The summed E-state index contributed by atoms with van der Waals surface area (Å²) in [6.45, 7) is 1.84. The van der Waals surface area contributed by atoms with Crippen LogP contribution in [-0.2, 0) is 14.2 Å². The average molecular weight is 493 g/mol. The number of carbonyl (C=O) groups excluding carboxylic acids is 2. The van der Waals surface area contributed by atoms with E-state index in [1.807, 2.05) is 19.1 Å². The van der Waals surface area contributed by atoms with E-state index in [2.05, 4.69) is 0 Å². The fourth-order valence-corrected chi connectivity index (χ4v) is 6.96. The summed E-state index contributed by atoms with van der Waals surface area (Å²) >= 11 is 0. The monoisotopic (exact) mass is 493 g/mol. The molecule has 0 spiro atoms. The number of aliphatic hydroxyl groups is 1. The van der Waals surface area contributed by atoms with Gasteiger partial charge in [0.2, 0.25) is 11.8 Å². The average Bonchev–Trinajstić information content (AvgIpc) is 3.12. The minimum Gasteiger partial charge on any atom is -0.508 e. The van der Waals surface area contributed by atoms with Crippen LogP contribution in [-0.4, -0.2) is 57.8 Å². The van der Waals surface area contributed by atoms with E-state index in [1.165, 1.54) is 0 Å². The maximum absolute atomic E-state index is 13.7. The van der Waals surface area contributed by atoms with Gasteiger partial charge in [-0.1, -0.05) is 43.0 Å². The number of allylic oxidation sites excluding steroid dienone is 1. The first-order valence-electron chi connectivity index (χ1n) is 13.4. The Labute approximate surface area is 213 Å². The van der Waals surface area contributed by atoms with Gasteiger partial charge in [-0.2, -0.15) is 0 Å². The second-order valence-corrected chi connectivity index (χ2v) is 10.9. The van der Waals surface area contributed by atoms with Gasteiger partial charge >= 0.3 is 7.12 Å². The third kappa shape index (κ3) is 4.78. The number of rotatable bonds is 6. The molecule has 0 unspecified atom stereocenters. The van der Waals surface area contributed by atoms with Crippen LogP contribution >= 0.6 is 0 Å². The van der Waals surface area contributed by atoms with Gasteiger partial charge in [0.15, 0.2) is 0 Å². The SMILES string of the molecule is C/C(=C\c1cccc(O)c1)CC[C@H]1OB(O)C[C@H]2C1=C(CO)C[C@H]1C(=O)N(C3CCCCC3)C(=O)[C@H]12. The van der Waals surface area contributed by atoms with Crippen LogP contribution in [0.5, 0.6) is 5.75 Å². The van der Waals surface area contributed by atoms with Gasteiger partial charge in [0.1, 0.15) is 5.75 Å². The van der Waals surface area contributed by atoms with Crippen LogP contribution in [0, 0.1) is 17.8 Å². The fourth-order valence-electron chi connectivity index (χ4n) is 6.96. The number of phenolic OH excluding ortho intramolecular Hbond substituents is 1. The Morgan fingerprint density at radius 1 is 1.17 bits per heavy atom. The zero-order valence-electron chi connectivity index (χ0n) is 20.9. The third-order valence-electron chi connectivity index (χ3n) is 8.56. The summed E-state index contributed by atoms with van der Waals surface area (Å²) in [5.74, 6) is -1.19. The molecule has 1 saturated carbocycles. The molecular weight excluding hydrogens is 457 g/mol. The molecule has 2 aliphatic heterocycles. The molecule has 5 rings (SSSR count). The largest absolute Gasteiger partial charge is 0.508 e.